The number of carbonyl (C=O) groups is 2. The lowest BCUT2D eigenvalue weighted by Crippen LogP contribution is -2.43. The molecule has 2 amide bonds. The number of likely N-dealkylation sites (tertiary alicyclic amines) is 1. The van der Waals surface area contributed by atoms with Gasteiger partial charge in [0.15, 0.2) is 17.5 Å². The number of carbonyl (C=O) groups excluding carboxylic acids is 2. The molecule has 0 saturated carbocycles. The first-order valence-electron chi connectivity index (χ1n) is 8.11. The molecule has 3 rings (SSSR count). The van der Waals surface area contributed by atoms with Crippen molar-refractivity contribution in [1.29, 1.82) is 0 Å². The molecule has 2 atom stereocenters. The molecule has 0 radical (unpaired) electrons. The monoisotopic (exact) mass is 340 g/mol. The van der Waals surface area contributed by atoms with Crippen molar-refractivity contribution in [2.24, 2.45) is 11.8 Å². The van der Waals surface area contributed by atoms with Gasteiger partial charge in [-0.3, -0.25) is 9.59 Å². The quantitative estimate of drug-likeness (QED) is 0.777. The van der Waals surface area contributed by atoms with E-state index in [1.54, 1.807) is 4.90 Å². The van der Waals surface area contributed by atoms with Crippen molar-refractivity contribution in [1.82, 2.24) is 4.90 Å². The number of hydrogen-bond acceptors (Lipinski definition) is 2. The minimum atomic E-state index is -1.61. The summed E-state index contributed by atoms with van der Waals surface area (Å²) in [5, 5.41) is 0. The summed E-state index contributed by atoms with van der Waals surface area (Å²) in [5.41, 5.74) is -0.318. The molecule has 2 aliphatic heterocycles. The maximum Gasteiger partial charge on any atom is 0.228 e. The Labute approximate surface area is 138 Å². The smallest absolute Gasteiger partial charge is 0.228 e. The molecule has 4 nitrogen and oxygen atoms in total. The van der Waals surface area contributed by atoms with E-state index in [-0.39, 0.29) is 24.6 Å². The summed E-state index contributed by atoms with van der Waals surface area (Å²) in [5.74, 6) is -5.06. The van der Waals surface area contributed by atoms with Crippen LogP contribution in [0, 0.1) is 29.3 Å². The van der Waals surface area contributed by atoms with Crippen LogP contribution in [0.1, 0.15) is 26.2 Å². The summed E-state index contributed by atoms with van der Waals surface area (Å²) >= 11 is 0. The Morgan fingerprint density at radius 1 is 1.17 bits per heavy atom. The Morgan fingerprint density at radius 3 is 2.62 bits per heavy atom. The van der Waals surface area contributed by atoms with Gasteiger partial charge in [0.05, 0.1) is 11.6 Å². The molecule has 2 aliphatic rings. The summed E-state index contributed by atoms with van der Waals surface area (Å²) in [7, 11) is 0. The van der Waals surface area contributed by atoms with Gasteiger partial charge in [-0.1, -0.05) is 6.92 Å². The number of amides is 2. The molecule has 0 aromatic heterocycles. The second kappa shape index (κ2) is 6.45. The van der Waals surface area contributed by atoms with Crippen LogP contribution in [-0.4, -0.2) is 36.3 Å². The molecule has 1 aromatic carbocycles. The van der Waals surface area contributed by atoms with Crippen molar-refractivity contribution in [3.8, 4) is 0 Å². The summed E-state index contributed by atoms with van der Waals surface area (Å²) in [6, 6.07) is 1.81. The highest BCUT2D eigenvalue weighted by atomic mass is 19.2. The van der Waals surface area contributed by atoms with Gasteiger partial charge in [-0.2, -0.15) is 0 Å². The van der Waals surface area contributed by atoms with Crippen molar-refractivity contribution in [3.63, 3.8) is 0 Å². The first-order chi connectivity index (χ1) is 11.4. The molecular weight excluding hydrogens is 321 g/mol. The van der Waals surface area contributed by atoms with Gasteiger partial charge in [-0.05, 0) is 30.9 Å². The van der Waals surface area contributed by atoms with Crippen LogP contribution in [0.3, 0.4) is 0 Å². The fourth-order valence-corrected chi connectivity index (χ4v) is 3.48. The number of piperidine rings is 1. The van der Waals surface area contributed by atoms with Gasteiger partial charge >= 0.3 is 0 Å². The van der Waals surface area contributed by atoms with Crippen LogP contribution in [0.5, 0.6) is 0 Å². The van der Waals surface area contributed by atoms with Gasteiger partial charge < -0.3 is 9.80 Å². The molecule has 0 aliphatic carbocycles. The summed E-state index contributed by atoms with van der Waals surface area (Å²) in [4.78, 5) is 27.5. The van der Waals surface area contributed by atoms with Crippen molar-refractivity contribution < 1.29 is 22.8 Å². The van der Waals surface area contributed by atoms with E-state index in [0.29, 0.717) is 19.0 Å². The van der Waals surface area contributed by atoms with E-state index in [2.05, 4.69) is 6.92 Å². The first-order valence-corrected chi connectivity index (χ1v) is 8.11. The topological polar surface area (TPSA) is 40.6 Å². The zero-order valence-corrected chi connectivity index (χ0v) is 13.4. The number of anilines is 1. The molecular formula is C17H19F3N2O2. The summed E-state index contributed by atoms with van der Waals surface area (Å²) in [6.45, 7) is 3.38. The molecule has 1 aromatic rings. The molecule has 130 valence electrons. The van der Waals surface area contributed by atoms with Crippen LogP contribution in [0.25, 0.3) is 0 Å². The van der Waals surface area contributed by atoms with E-state index in [1.807, 2.05) is 0 Å². The highest BCUT2D eigenvalue weighted by Crippen LogP contribution is 2.31. The van der Waals surface area contributed by atoms with Crippen LogP contribution < -0.4 is 4.90 Å². The molecule has 0 N–H and O–H groups in total. The van der Waals surface area contributed by atoms with Gasteiger partial charge in [0.1, 0.15) is 0 Å². The minimum absolute atomic E-state index is 0.00938. The van der Waals surface area contributed by atoms with Crippen LogP contribution in [0.4, 0.5) is 18.9 Å². The van der Waals surface area contributed by atoms with Crippen LogP contribution >= 0.6 is 0 Å². The molecule has 2 unspecified atom stereocenters. The maximum atomic E-state index is 13.9. The lowest BCUT2D eigenvalue weighted by molar-refractivity contribution is -0.137. The van der Waals surface area contributed by atoms with Gasteiger partial charge in [-0.25, -0.2) is 13.2 Å². The van der Waals surface area contributed by atoms with E-state index in [4.69, 9.17) is 0 Å². The third kappa shape index (κ3) is 2.99. The summed E-state index contributed by atoms with van der Waals surface area (Å²) < 4.78 is 40.4. The lowest BCUT2D eigenvalue weighted by Gasteiger charge is -2.32. The fraction of sp³-hybridized carbons (Fsp3) is 0.529. The predicted octanol–water partition coefficient (Wildman–Crippen LogP) is 2.72. The Bertz CT molecular complexity index is 680. The van der Waals surface area contributed by atoms with Gasteiger partial charge in [0.25, 0.3) is 0 Å². The van der Waals surface area contributed by atoms with E-state index >= 15 is 0 Å². The standard InChI is InChI=1S/C17H19F3N2O2/c1-10-3-2-6-21(8-10)17(24)11-7-14(23)22(9-11)13-5-4-12(18)15(19)16(13)20/h4-5,10-11H,2-3,6-9H2,1H3. The Hall–Kier alpha value is -2.05. The van der Waals surface area contributed by atoms with Crippen molar-refractivity contribution in [3.05, 3.63) is 29.6 Å². The number of hydrogen-bond donors (Lipinski definition) is 0. The predicted molar refractivity (Wildman–Crippen MR) is 81.8 cm³/mol. The molecule has 0 spiro atoms. The minimum Gasteiger partial charge on any atom is -0.342 e. The zero-order chi connectivity index (χ0) is 17.4. The highest BCUT2D eigenvalue weighted by Gasteiger charge is 2.39. The third-order valence-corrected chi connectivity index (χ3v) is 4.75. The van der Waals surface area contributed by atoms with E-state index < -0.39 is 29.3 Å². The third-order valence-electron chi connectivity index (χ3n) is 4.75. The Morgan fingerprint density at radius 2 is 1.92 bits per heavy atom. The maximum absolute atomic E-state index is 13.9. The van der Waals surface area contributed by atoms with E-state index in [0.717, 1.165) is 29.9 Å². The molecule has 7 heteroatoms. The van der Waals surface area contributed by atoms with Gasteiger partial charge in [0, 0.05) is 26.1 Å². The molecule has 2 saturated heterocycles. The number of benzene rings is 1. The Balaban J connectivity index is 1.76. The second-order valence-corrected chi connectivity index (χ2v) is 6.63. The number of nitrogens with zero attached hydrogens (tertiary/aromatic N) is 2. The number of halogens is 3. The van der Waals surface area contributed by atoms with Crippen LogP contribution in [0.2, 0.25) is 0 Å². The normalized spacial score (nSPS) is 24.6. The molecule has 0 bridgehead atoms. The summed E-state index contributed by atoms with van der Waals surface area (Å²) in [6.07, 6.45) is 1.96. The second-order valence-electron chi connectivity index (χ2n) is 6.63. The molecule has 2 heterocycles. The fourth-order valence-electron chi connectivity index (χ4n) is 3.48. The van der Waals surface area contributed by atoms with Crippen LogP contribution in [0.15, 0.2) is 12.1 Å². The SMILES string of the molecule is CC1CCCN(C(=O)C2CC(=O)N(c3ccc(F)c(F)c3F)C2)C1. The zero-order valence-electron chi connectivity index (χ0n) is 13.4. The molecule has 24 heavy (non-hydrogen) atoms. The van der Waals surface area contributed by atoms with Crippen molar-refractivity contribution >= 4 is 17.5 Å². The Kier molecular flexibility index (Phi) is 4.51. The van der Waals surface area contributed by atoms with Crippen molar-refractivity contribution in [2.75, 3.05) is 24.5 Å². The van der Waals surface area contributed by atoms with E-state index in [9.17, 15) is 22.8 Å². The highest BCUT2D eigenvalue weighted by molar-refractivity contribution is 6.00. The number of rotatable bonds is 2. The van der Waals surface area contributed by atoms with E-state index in [1.165, 1.54) is 0 Å². The van der Waals surface area contributed by atoms with Crippen LogP contribution in [-0.2, 0) is 9.59 Å². The lowest BCUT2D eigenvalue weighted by atomic mass is 9.98. The largest absolute Gasteiger partial charge is 0.342 e. The van der Waals surface area contributed by atoms with Gasteiger partial charge in [0.2, 0.25) is 11.8 Å². The average Bonchev–Trinajstić information content (AvgIpc) is 2.94. The van der Waals surface area contributed by atoms with Crippen molar-refractivity contribution in [2.45, 2.75) is 26.2 Å². The van der Waals surface area contributed by atoms with Gasteiger partial charge in [-0.15, -0.1) is 0 Å². The first kappa shape index (κ1) is 16.8. The average molecular weight is 340 g/mol. The molecule has 2 fully saturated rings.